The first-order valence-corrected chi connectivity index (χ1v) is 5.86. The highest BCUT2D eigenvalue weighted by Gasteiger charge is 2.04. The van der Waals surface area contributed by atoms with Crippen molar-refractivity contribution in [3.05, 3.63) is 53.9 Å². The van der Waals surface area contributed by atoms with E-state index in [9.17, 15) is 4.79 Å². The normalized spacial score (nSPS) is 10.8. The zero-order valence-corrected chi connectivity index (χ0v) is 10.6. The second-order valence-electron chi connectivity index (χ2n) is 4.17. The van der Waals surface area contributed by atoms with Crippen LogP contribution in [-0.2, 0) is 18.3 Å². The van der Waals surface area contributed by atoms with E-state index in [0.29, 0.717) is 0 Å². The van der Waals surface area contributed by atoms with Crippen molar-refractivity contribution >= 4 is 12.1 Å². The number of aromatic nitrogens is 1. The molecular weight excluding hydrogens is 242 g/mol. The second kappa shape index (κ2) is 5.86. The fourth-order valence-electron chi connectivity index (χ4n) is 1.62. The topological polar surface area (TPSA) is 66.6 Å². The zero-order valence-electron chi connectivity index (χ0n) is 10.6. The lowest BCUT2D eigenvalue weighted by Crippen LogP contribution is -2.20. The number of rotatable bonds is 4. The minimum absolute atomic E-state index is 0.170. The van der Waals surface area contributed by atoms with E-state index >= 15 is 0 Å². The van der Waals surface area contributed by atoms with Crippen molar-refractivity contribution < 1.29 is 9.90 Å². The maximum absolute atomic E-state index is 11.6. The molecule has 0 bridgehead atoms. The predicted octanol–water partition coefficient (Wildman–Crippen LogP) is 1.42. The Bertz CT molecular complexity index is 585. The molecule has 0 unspecified atom stereocenters. The molecule has 0 aliphatic carbocycles. The summed E-state index contributed by atoms with van der Waals surface area (Å²) in [6.07, 6.45) is 3.71. The SMILES string of the molecule is Cn1cccc1CC(=O)NN=Cc1ccc(O)cc1. The molecule has 19 heavy (non-hydrogen) atoms. The van der Waals surface area contributed by atoms with Gasteiger partial charge in [-0.3, -0.25) is 4.79 Å². The summed E-state index contributed by atoms with van der Waals surface area (Å²) in [5.41, 5.74) is 4.20. The van der Waals surface area contributed by atoms with Crippen molar-refractivity contribution in [3.8, 4) is 5.75 Å². The molecule has 2 aromatic rings. The Hall–Kier alpha value is -2.56. The van der Waals surface area contributed by atoms with Crippen molar-refractivity contribution in [2.24, 2.45) is 12.1 Å². The average molecular weight is 257 g/mol. The summed E-state index contributed by atoms with van der Waals surface area (Å²) in [6.45, 7) is 0. The van der Waals surface area contributed by atoms with Crippen LogP contribution in [0.1, 0.15) is 11.3 Å². The first kappa shape index (κ1) is 12.9. The van der Waals surface area contributed by atoms with Gasteiger partial charge in [0.15, 0.2) is 0 Å². The number of benzene rings is 1. The van der Waals surface area contributed by atoms with Crippen LogP contribution >= 0.6 is 0 Å². The Labute approximate surface area is 111 Å². The number of nitrogens with zero attached hydrogens (tertiary/aromatic N) is 2. The number of carbonyl (C=O) groups is 1. The average Bonchev–Trinajstić information content (AvgIpc) is 2.78. The molecule has 0 spiro atoms. The van der Waals surface area contributed by atoms with Gasteiger partial charge in [-0.1, -0.05) is 0 Å². The number of hydrazone groups is 1. The van der Waals surface area contributed by atoms with Gasteiger partial charge in [-0.25, -0.2) is 5.43 Å². The molecule has 2 rings (SSSR count). The van der Waals surface area contributed by atoms with Crippen molar-refractivity contribution in [2.45, 2.75) is 6.42 Å². The molecule has 0 fully saturated rings. The van der Waals surface area contributed by atoms with E-state index in [-0.39, 0.29) is 18.1 Å². The number of hydrogen-bond acceptors (Lipinski definition) is 3. The fourth-order valence-corrected chi connectivity index (χ4v) is 1.62. The minimum atomic E-state index is -0.170. The highest BCUT2D eigenvalue weighted by Crippen LogP contribution is 2.07. The quantitative estimate of drug-likeness (QED) is 0.642. The maximum atomic E-state index is 11.6. The van der Waals surface area contributed by atoms with Gasteiger partial charge >= 0.3 is 0 Å². The molecule has 1 amide bonds. The van der Waals surface area contributed by atoms with Crippen molar-refractivity contribution in [1.82, 2.24) is 9.99 Å². The van der Waals surface area contributed by atoms with E-state index in [1.165, 1.54) is 6.21 Å². The van der Waals surface area contributed by atoms with Gasteiger partial charge < -0.3 is 9.67 Å². The summed E-state index contributed by atoms with van der Waals surface area (Å²) in [5.74, 6) is 0.0294. The fraction of sp³-hybridized carbons (Fsp3) is 0.143. The van der Waals surface area contributed by atoms with Crippen molar-refractivity contribution in [2.75, 3.05) is 0 Å². The molecule has 0 aliphatic heterocycles. The molecular formula is C14H15N3O2. The zero-order chi connectivity index (χ0) is 13.7. The smallest absolute Gasteiger partial charge is 0.245 e. The Kier molecular flexibility index (Phi) is 3.97. The van der Waals surface area contributed by atoms with Crippen LogP contribution in [0.5, 0.6) is 5.75 Å². The summed E-state index contributed by atoms with van der Waals surface area (Å²) < 4.78 is 1.89. The first-order chi connectivity index (χ1) is 9.15. The molecule has 1 aromatic carbocycles. The molecule has 1 heterocycles. The van der Waals surface area contributed by atoms with Gasteiger partial charge in [0.1, 0.15) is 5.75 Å². The standard InChI is InChI=1S/C14H15N3O2/c1-17-8-2-3-12(17)9-14(19)16-15-10-11-4-6-13(18)7-5-11/h2-8,10,18H,9H2,1H3,(H,16,19). The molecule has 98 valence electrons. The van der Waals surface area contributed by atoms with Crippen LogP contribution in [0.4, 0.5) is 0 Å². The number of hydrogen-bond donors (Lipinski definition) is 2. The Morgan fingerprint density at radius 2 is 2.11 bits per heavy atom. The van der Waals surface area contributed by atoms with Gasteiger partial charge in [-0.2, -0.15) is 5.10 Å². The number of aromatic hydroxyl groups is 1. The number of amides is 1. The van der Waals surface area contributed by atoms with Gasteiger partial charge in [-0.15, -0.1) is 0 Å². The third-order valence-corrected chi connectivity index (χ3v) is 2.69. The summed E-state index contributed by atoms with van der Waals surface area (Å²) in [6, 6.07) is 10.3. The van der Waals surface area contributed by atoms with E-state index in [4.69, 9.17) is 5.11 Å². The number of phenolic OH excluding ortho intramolecular Hbond substituents is 1. The van der Waals surface area contributed by atoms with Crippen LogP contribution in [-0.4, -0.2) is 21.8 Å². The van der Waals surface area contributed by atoms with E-state index in [2.05, 4.69) is 10.5 Å². The van der Waals surface area contributed by atoms with Crippen LogP contribution in [0.3, 0.4) is 0 Å². The summed E-state index contributed by atoms with van der Waals surface area (Å²) in [4.78, 5) is 11.6. The van der Waals surface area contributed by atoms with Crippen LogP contribution in [0.15, 0.2) is 47.7 Å². The molecule has 5 nitrogen and oxygen atoms in total. The number of aryl methyl sites for hydroxylation is 1. The lowest BCUT2D eigenvalue weighted by atomic mass is 10.2. The summed E-state index contributed by atoms with van der Waals surface area (Å²) in [7, 11) is 1.89. The molecule has 5 heteroatoms. The molecule has 0 radical (unpaired) electrons. The maximum Gasteiger partial charge on any atom is 0.245 e. The summed E-state index contributed by atoms with van der Waals surface area (Å²) in [5, 5.41) is 13.0. The van der Waals surface area contributed by atoms with Crippen LogP contribution in [0, 0.1) is 0 Å². The monoisotopic (exact) mass is 257 g/mol. The lowest BCUT2D eigenvalue weighted by Gasteiger charge is -2.01. The molecule has 0 atom stereocenters. The van der Waals surface area contributed by atoms with Gasteiger partial charge in [0.25, 0.3) is 0 Å². The Morgan fingerprint density at radius 1 is 1.37 bits per heavy atom. The van der Waals surface area contributed by atoms with E-state index in [1.807, 2.05) is 29.9 Å². The second-order valence-corrected chi connectivity index (χ2v) is 4.17. The van der Waals surface area contributed by atoms with Crippen molar-refractivity contribution in [1.29, 1.82) is 0 Å². The largest absolute Gasteiger partial charge is 0.508 e. The van der Waals surface area contributed by atoms with Gasteiger partial charge in [0, 0.05) is 18.9 Å². The number of phenols is 1. The van der Waals surface area contributed by atoms with E-state index in [0.717, 1.165) is 11.3 Å². The molecule has 0 saturated heterocycles. The predicted molar refractivity (Wildman–Crippen MR) is 73.0 cm³/mol. The molecule has 0 aliphatic rings. The van der Waals surface area contributed by atoms with Crippen LogP contribution in [0.2, 0.25) is 0 Å². The Balaban J connectivity index is 1.86. The lowest BCUT2D eigenvalue weighted by molar-refractivity contribution is -0.120. The summed E-state index contributed by atoms with van der Waals surface area (Å²) >= 11 is 0. The highest BCUT2D eigenvalue weighted by atomic mass is 16.3. The molecule has 2 N–H and O–H groups in total. The minimum Gasteiger partial charge on any atom is -0.508 e. The third-order valence-electron chi connectivity index (χ3n) is 2.69. The number of carbonyl (C=O) groups excluding carboxylic acids is 1. The van der Waals surface area contributed by atoms with Gasteiger partial charge in [0.2, 0.25) is 5.91 Å². The third kappa shape index (κ3) is 3.70. The van der Waals surface area contributed by atoms with Crippen molar-refractivity contribution in [3.63, 3.8) is 0 Å². The highest BCUT2D eigenvalue weighted by molar-refractivity contribution is 5.83. The van der Waals surface area contributed by atoms with E-state index < -0.39 is 0 Å². The van der Waals surface area contributed by atoms with Crippen LogP contribution < -0.4 is 5.43 Å². The Morgan fingerprint density at radius 3 is 2.74 bits per heavy atom. The van der Waals surface area contributed by atoms with Crippen LogP contribution in [0.25, 0.3) is 0 Å². The van der Waals surface area contributed by atoms with Gasteiger partial charge in [-0.05, 0) is 42.0 Å². The first-order valence-electron chi connectivity index (χ1n) is 5.86. The van der Waals surface area contributed by atoms with Gasteiger partial charge in [0.05, 0.1) is 12.6 Å². The molecule has 1 aromatic heterocycles. The van der Waals surface area contributed by atoms with E-state index in [1.54, 1.807) is 24.3 Å². The molecule has 0 saturated carbocycles. The number of nitrogens with one attached hydrogen (secondary N) is 1.